The topological polar surface area (TPSA) is 114 Å². The van der Waals surface area contributed by atoms with Gasteiger partial charge in [0, 0.05) is 12.2 Å². The van der Waals surface area contributed by atoms with Crippen molar-refractivity contribution in [2.24, 2.45) is 0 Å². The molecule has 32 heavy (non-hydrogen) atoms. The summed E-state index contributed by atoms with van der Waals surface area (Å²) in [5.41, 5.74) is 1.37. The standard InChI is InChI=1S/C22H25N3O6S/c1-3-30-20(28)18-13(2)23-21(29)24-15(18)11-31-19(27)16-12-32-22(10-9-17(26)25(16)22)14-7-5-4-6-8-14/h4-8,13,16H,3,9-12H2,1-2H3,(H2,23,24,29)/t13-,16+,22+/m0/s1. The van der Waals surface area contributed by atoms with Gasteiger partial charge < -0.3 is 25.0 Å². The maximum atomic E-state index is 13.0. The van der Waals surface area contributed by atoms with Crippen molar-refractivity contribution >= 4 is 35.6 Å². The molecule has 0 saturated carbocycles. The number of rotatable bonds is 6. The monoisotopic (exact) mass is 459 g/mol. The third-order valence-corrected chi connectivity index (χ3v) is 7.44. The molecule has 0 unspecified atom stereocenters. The van der Waals surface area contributed by atoms with Gasteiger partial charge in [-0.05, 0) is 25.8 Å². The Labute approximate surface area is 189 Å². The molecule has 3 atom stereocenters. The molecule has 2 saturated heterocycles. The predicted molar refractivity (Wildman–Crippen MR) is 116 cm³/mol. The highest BCUT2D eigenvalue weighted by atomic mass is 32.2. The Balaban J connectivity index is 1.53. The number of nitrogens with zero attached hydrogens (tertiary/aromatic N) is 1. The summed E-state index contributed by atoms with van der Waals surface area (Å²) in [6.07, 6.45) is 0.991. The highest BCUT2D eigenvalue weighted by molar-refractivity contribution is 8.00. The normalized spacial score (nSPS) is 27.0. The molecule has 3 aliphatic rings. The molecule has 0 spiro atoms. The quantitative estimate of drug-likeness (QED) is 0.622. The van der Waals surface area contributed by atoms with E-state index in [1.54, 1.807) is 30.5 Å². The van der Waals surface area contributed by atoms with Crippen LogP contribution >= 0.6 is 11.8 Å². The summed E-state index contributed by atoms with van der Waals surface area (Å²) in [7, 11) is 0. The summed E-state index contributed by atoms with van der Waals surface area (Å²) in [5.74, 6) is -0.835. The lowest BCUT2D eigenvalue weighted by Crippen LogP contribution is -2.50. The number of carbonyl (C=O) groups is 4. The van der Waals surface area contributed by atoms with Crippen molar-refractivity contribution in [1.82, 2.24) is 15.5 Å². The second kappa shape index (κ2) is 8.85. The maximum Gasteiger partial charge on any atom is 0.338 e. The number of hydrogen-bond acceptors (Lipinski definition) is 7. The van der Waals surface area contributed by atoms with Crippen molar-refractivity contribution in [2.45, 2.75) is 43.6 Å². The largest absolute Gasteiger partial charge is 0.463 e. The van der Waals surface area contributed by atoms with Crippen LogP contribution in [0.5, 0.6) is 0 Å². The van der Waals surface area contributed by atoms with E-state index in [9.17, 15) is 19.2 Å². The Hall–Kier alpha value is -3.01. The van der Waals surface area contributed by atoms with Gasteiger partial charge in [-0.25, -0.2) is 14.4 Å². The van der Waals surface area contributed by atoms with Gasteiger partial charge in [0.2, 0.25) is 5.91 Å². The smallest absolute Gasteiger partial charge is 0.338 e. The number of nitrogens with one attached hydrogen (secondary N) is 2. The number of esters is 2. The Morgan fingerprint density at radius 3 is 2.69 bits per heavy atom. The first-order chi connectivity index (χ1) is 15.4. The van der Waals surface area contributed by atoms with Crippen LogP contribution in [0.2, 0.25) is 0 Å². The molecule has 2 fully saturated rings. The Kier molecular flexibility index (Phi) is 6.14. The Morgan fingerprint density at radius 2 is 1.97 bits per heavy atom. The van der Waals surface area contributed by atoms with E-state index in [1.807, 2.05) is 30.3 Å². The van der Waals surface area contributed by atoms with Crippen LogP contribution in [-0.2, 0) is 28.7 Å². The minimum absolute atomic E-state index is 0.0870. The molecule has 2 N–H and O–H groups in total. The molecule has 0 bridgehead atoms. The number of benzene rings is 1. The van der Waals surface area contributed by atoms with Crippen LogP contribution in [0.15, 0.2) is 41.6 Å². The molecule has 1 aromatic carbocycles. The van der Waals surface area contributed by atoms with E-state index in [0.29, 0.717) is 18.6 Å². The molecular weight excluding hydrogens is 434 g/mol. The second-order valence-corrected chi connectivity index (χ2v) is 9.08. The van der Waals surface area contributed by atoms with Gasteiger partial charge in [0.25, 0.3) is 0 Å². The van der Waals surface area contributed by atoms with Crippen LogP contribution in [0.4, 0.5) is 4.79 Å². The molecule has 0 aromatic heterocycles. The summed E-state index contributed by atoms with van der Waals surface area (Å²) < 4.78 is 10.6. The van der Waals surface area contributed by atoms with Gasteiger partial charge in [0.1, 0.15) is 17.5 Å². The van der Waals surface area contributed by atoms with E-state index >= 15 is 0 Å². The van der Waals surface area contributed by atoms with Crippen LogP contribution in [0, 0.1) is 0 Å². The fraction of sp³-hybridized carbons (Fsp3) is 0.455. The van der Waals surface area contributed by atoms with Crippen molar-refractivity contribution in [3.63, 3.8) is 0 Å². The number of hydrogen-bond donors (Lipinski definition) is 2. The van der Waals surface area contributed by atoms with Crippen LogP contribution in [-0.4, -0.2) is 59.8 Å². The maximum absolute atomic E-state index is 13.0. The first-order valence-electron chi connectivity index (χ1n) is 10.5. The summed E-state index contributed by atoms with van der Waals surface area (Å²) >= 11 is 1.57. The van der Waals surface area contributed by atoms with E-state index in [-0.39, 0.29) is 30.4 Å². The first kappa shape index (κ1) is 22.2. The minimum atomic E-state index is -0.739. The molecule has 4 rings (SSSR count). The van der Waals surface area contributed by atoms with Crippen molar-refractivity contribution in [3.05, 3.63) is 47.2 Å². The molecular formula is C22H25N3O6S. The highest BCUT2D eigenvalue weighted by Gasteiger charge is 2.57. The summed E-state index contributed by atoms with van der Waals surface area (Å²) in [6.45, 7) is 3.21. The average Bonchev–Trinajstić information content (AvgIpc) is 3.31. The molecule has 9 nitrogen and oxygen atoms in total. The zero-order valence-electron chi connectivity index (χ0n) is 17.9. The first-order valence-corrected chi connectivity index (χ1v) is 11.5. The van der Waals surface area contributed by atoms with Crippen molar-refractivity contribution in [1.29, 1.82) is 0 Å². The Bertz CT molecular complexity index is 981. The molecule has 0 radical (unpaired) electrons. The lowest BCUT2D eigenvalue weighted by atomic mass is 10.0. The molecule has 3 heterocycles. The zero-order valence-corrected chi connectivity index (χ0v) is 18.7. The summed E-state index contributed by atoms with van der Waals surface area (Å²) in [6, 6.07) is 7.86. The number of fused-ring (bicyclic) bond motifs is 1. The molecule has 0 aliphatic carbocycles. The minimum Gasteiger partial charge on any atom is -0.463 e. The van der Waals surface area contributed by atoms with E-state index in [2.05, 4.69) is 10.6 Å². The SMILES string of the molecule is CCOC(=O)C1=C(COC(=O)[C@H]2CS[C@@]3(c4ccccc4)CCC(=O)N23)NC(=O)N[C@H]1C. The molecule has 1 aromatic rings. The summed E-state index contributed by atoms with van der Waals surface area (Å²) in [4.78, 5) is 51.1. The Morgan fingerprint density at radius 1 is 1.22 bits per heavy atom. The van der Waals surface area contributed by atoms with Gasteiger partial charge >= 0.3 is 18.0 Å². The lowest BCUT2D eigenvalue weighted by Gasteiger charge is -2.33. The van der Waals surface area contributed by atoms with Crippen LogP contribution in [0.3, 0.4) is 0 Å². The highest BCUT2D eigenvalue weighted by Crippen LogP contribution is 2.54. The van der Waals surface area contributed by atoms with Crippen molar-refractivity contribution < 1.29 is 28.7 Å². The van der Waals surface area contributed by atoms with Gasteiger partial charge in [-0.1, -0.05) is 30.3 Å². The fourth-order valence-corrected chi connectivity index (χ4v) is 6.08. The van der Waals surface area contributed by atoms with Gasteiger partial charge in [-0.15, -0.1) is 11.8 Å². The predicted octanol–water partition coefficient (Wildman–Crippen LogP) is 1.64. The van der Waals surface area contributed by atoms with Crippen LogP contribution in [0.1, 0.15) is 32.3 Å². The van der Waals surface area contributed by atoms with E-state index in [4.69, 9.17) is 9.47 Å². The molecule has 170 valence electrons. The van der Waals surface area contributed by atoms with E-state index in [0.717, 1.165) is 5.56 Å². The van der Waals surface area contributed by atoms with Crippen molar-refractivity contribution in [3.8, 4) is 0 Å². The van der Waals surface area contributed by atoms with Gasteiger partial charge in [-0.2, -0.15) is 0 Å². The third-order valence-electron chi connectivity index (χ3n) is 5.85. The van der Waals surface area contributed by atoms with E-state index in [1.165, 1.54) is 0 Å². The van der Waals surface area contributed by atoms with Gasteiger partial charge in [-0.3, -0.25) is 4.79 Å². The number of urea groups is 1. The van der Waals surface area contributed by atoms with Gasteiger partial charge in [0.15, 0.2) is 0 Å². The number of amides is 3. The molecule has 3 amide bonds. The van der Waals surface area contributed by atoms with Crippen LogP contribution < -0.4 is 10.6 Å². The third kappa shape index (κ3) is 3.83. The molecule has 3 aliphatic heterocycles. The number of carbonyl (C=O) groups excluding carboxylic acids is 4. The lowest BCUT2D eigenvalue weighted by molar-refractivity contribution is -0.153. The summed E-state index contributed by atoms with van der Waals surface area (Å²) in [5, 5.41) is 5.13. The van der Waals surface area contributed by atoms with Crippen LogP contribution in [0.25, 0.3) is 0 Å². The molecule has 10 heteroatoms. The number of thioether (sulfide) groups is 1. The zero-order chi connectivity index (χ0) is 22.9. The van der Waals surface area contributed by atoms with Gasteiger partial charge in [0.05, 0.1) is 23.9 Å². The van der Waals surface area contributed by atoms with E-state index < -0.39 is 34.9 Å². The average molecular weight is 460 g/mol. The number of ether oxygens (including phenoxy) is 2. The second-order valence-electron chi connectivity index (χ2n) is 7.78. The fourth-order valence-electron chi connectivity index (χ4n) is 4.45. The van der Waals surface area contributed by atoms with Crippen molar-refractivity contribution in [2.75, 3.05) is 19.0 Å².